The topological polar surface area (TPSA) is 44.4 Å². The molecule has 108 valence electrons. The number of carbonyl (C=O) groups excluding carboxylic acids is 1. The molecule has 2 aliphatic rings. The lowest BCUT2D eigenvalue weighted by Gasteiger charge is -2.38. The van der Waals surface area contributed by atoms with Gasteiger partial charge in [-0.25, -0.2) is 4.79 Å². The summed E-state index contributed by atoms with van der Waals surface area (Å²) in [5, 5.41) is 6.91. The molecule has 0 radical (unpaired) electrons. The van der Waals surface area contributed by atoms with Gasteiger partial charge in [0.05, 0.1) is 10.7 Å². The summed E-state index contributed by atoms with van der Waals surface area (Å²) in [7, 11) is 0. The van der Waals surface area contributed by atoms with Gasteiger partial charge in [0.2, 0.25) is 0 Å². The summed E-state index contributed by atoms with van der Waals surface area (Å²) >= 11 is 6.06. The summed E-state index contributed by atoms with van der Waals surface area (Å²) in [5.74, 6) is 0. The summed E-state index contributed by atoms with van der Waals surface area (Å²) in [6.45, 7) is 3.88. The van der Waals surface area contributed by atoms with Crippen molar-refractivity contribution in [3.05, 3.63) is 29.3 Å². The molecule has 1 aromatic rings. The minimum atomic E-state index is -0.0427. The van der Waals surface area contributed by atoms with Crippen LogP contribution >= 0.6 is 11.6 Å². The second-order valence-corrected chi connectivity index (χ2v) is 6.23. The van der Waals surface area contributed by atoms with Crippen LogP contribution in [0.2, 0.25) is 5.02 Å². The molecular weight excluding hydrogens is 274 g/mol. The molecule has 0 saturated carbocycles. The van der Waals surface area contributed by atoms with Crippen molar-refractivity contribution in [2.75, 3.05) is 31.5 Å². The van der Waals surface area contributed by atoms with Crippen LogP contribution in [0.25, 0.3) is 0 Å². The third kappa shape index (κ3) is 2.76. The predicted octanol–water partition coefficient (Wildman–Crippen LogP) is 2.95. The van der Waals surface area contributed by atoms with Crippen LogP contribution in [0.4, 0.5) is 10.5 Å². The van der Waals surface area contributed by atoms with Gasteiger partial charge in [-0.05, 0) is 43.4 Å². The van der Waals surface area contributed by atoms with E-state index >= 15 is 0 Å². The highest BCUT2D eigenvalue weighted by Gasteiger charge is 2.38. The first-order valence-corrected chi connectivity index (χ1v) is 7.58. The highest BCUT2D eigenvalue weighted by molar-refractivity contribution is 6.33. The fourth-order valence-electron chi connectivity index (χ4n) is 3.16. The quantitative estimate of drug-likeness (QED) is 0.836. The lowest BCUT2D eigenvalue weighted by Crippen LogP contribution is -2.45. The zero-order valence-electron chi connectivity index (χ0n) is 11.5. The van der Waals surface area contributed by atoms with Crippen molar-refractivity contribution in [3.63, 3.8) is 0 Å². The Labute approximate surface area is 124 Å². The van der Waals surface area contributed by atoms with Crippen molar-refractivity contribution in [2.45, 2.75) is 19.3 Å². The van der Waals surface area contributed by atoms with Gasteiger partial charge < -0.3 is 15.5 Å². The maximum absolute atomic E-state index is 12.3. The first-order chi connectivity index (χ1) is 9.69. The van der Waals surface area contributed by atoms with E-state index in [4.69, 9.17) is 11.6 Å². The molecular formula is C15H20ClN3O. The van der Waals surface area contributed by atoms with Crippen molar-refractivity contribution < 1.29 is 4.79 Å². The Morgan fingerprint density at radius 3 is 2.65 bits per heavy atom. The number of carbonyl (C=O) groups is 1. The Morgan fingerprint density at radius 2 is 2.00 bits per heavy atom. The Kier molecular flexibility index (Phi) is 3.85. The van der Waals surface area contributed by atoms with Crippen LogP contribution in [0.15, 0.2) is 24.3 Å². The Morgan fingerprint density at radius 1 is 1.25 bits per heavy atom. The number of halogens is 1. The number of benzene rings is 1. The van der Waals surface area contributed by atoms with Gasteiger partial charge in [0.1, 0.15) is 0 Å². The molecule has 2 fully saturated rings. The number of nitrogens with zero attached hydrogens (tertiary/aromatic N) is 1. The number of piperidine rings is 1. The molecule has 0 aromatic heterocycles. The summed E-state index contributed by atoms with van der Waals surface area (Å²) in [6, 6.07) is 7.30. The van der Waals surface area contributed by atoms with Gasteiger partial charge in [-0.2, -0.15) is 0 Å². The number of hydrogen-bond acceptors (Lipinski definition) is 2. The van der Waals surface area contributed by atoms with Gasteiger partial charge in [0.25, 0.3) is 0 Å². The average Bonchev–Trinajstić information content (AvgIpc) is 2.90. The lowest BCUT2D eigenvalue weighted by atomic mass is 9.78. The average molecular weight is 294 g/mol. The fourth-order valence-corrected chi connectivity index (χ4v) is 3.35. The van der Waals surface area contributed by atoms with Gasteiger partial charge in [0, 0.05) is 19.6 Å². The van der Waals surface area contributed by atoms with Crippen LogP contribution in [0.3, 0.4) is 0 Å². The van der Waals surface area contributed by atoms with Crippen molar-refractivity contribution in [3.8, 4) is 0 Å². The number of amides is 2. The molecule has 0 unspecified atom stereocenters. The lowest BCUT2D eigenvalue weighted by molar-refractivity contribution is 0.137. The van der Waals surface area contributed by atoms with Crippen LogP contribution in [0.1, 0.15) is 19.3 Å². The molecule has 2 heterocycles. The molecule has 20 heavy (non-hydrogen) atoms. The highest BCUT2D eigenvalue weighted by Crippen LogP contribution is 2.37. The fraction of sp³-hybridized carbons (Fsp3) is 0.533. The first kappa shape index (κ1) is 13.7. The summed E-state index contributed by atoms with van der Waals surface area (Å²) in [4.78, 5) is 14.2. The minimum Gasteiger partial charge on any atom is -0.324 e. The van der Waals surface area contributed by atoms with Gasteiger partial charge in [-0.1, -0.05) is 23.7 Å². The van der Waals surface area contributed by atoms with Gasteiger partial charge in [-0.3, -0.25) is 0 Å². The zero-order valence-corrected chi connectivity index (χ0v) is 12.2. The maximum Gasteiger partial charge on any atom is 0.321 e. The van der Waals surface area contributed by atoms with E-state index in [0.29, 0.717) is 16.1 Å². The van der Waals surface area contributed by atoms with Crippen molar-refractivity contribution >= 4 is 23.3 Å². The molecule has 0 atom stereocenters. The van der Waals surface area contributed by atoms with Crippen molar-refractivity contribution in [1.29, 1.82) is 0 Å². The molecule has 2 saturated heterocycles. The van der Waals surface area contributed by atoms with E-state index in [0.717, 1.165) is 39.0 Å². The van der Waals surface area contributed by atoms with Crippen LogP contribution in [0.5, 0.6) is 0 Å². The SMILES string of the molecule is O=C(Nc1ccccc1Cl)N1CCC2(CCNC2)CC1. The molecule has 2 N–H and O–H groups in total. The van der Waals surface area contributed by atoms with E-state index in [9.17, 15) is 4.79 Å². The largest absolute Gasteiger partial charge is 0.324 e. The van der Waals surface area contributed by atoms with Gasteiger partial charge >= 0.3 is 6.03 Å². The number of nitrogens with one attached hydrogen (secondary N) is 2. The Balaban J connectivity index is 1.58. The zero-order chi connectivity index (χ0) is 14.0. The van der Waals surface area contributed by atoms with E-state index in [-0.39, 0.29) is 6.03 Å². The number of rotatable bonds is 1. The first-order valence-electron chi connectivity index (χ1n) is 7.20. The molecule has 4 nitrogen and oxygen atoms in total. The third-order valence-corrected chi connectivity index (χ3v) is 4.89. The van der Waals surface area contributed by atoms with Crippen LogP contribution in [-0.2, 0) is 0 Å². The number of hydrogen-bond donors (Lipinski definition) is 2. The van der Waals surface area contributed by atoms with E-state index in [1.54, 1.807) is 6.07 Å². The van der Waals surface area contributed by atoms with Crippen molar-refractivity contribution in [1.82, 2.24) is 10.2 Å². The predicted molar refractivity (Wildman–Crippen MR) is 81.2 cm³/mol. The van der Waals surface area contributed by atoms with E-state index in [2.05, 4.69) is 10.6 Å². The van der Waals surface area contributed by atoms with Gasteiger partial charge in [0.15, 0.2) is 0 Å². The third-order valence-electron chi connectivity index (χ3n) is 4.56. The molecule has 1 spiro atoms. The molecule has 0 aliphatic carbocycles. The molecule has 3 rings (SSSR count). The highest BCUT2D eigenvalue weighted by atomic mass is 35.5. The second kappa shape index (κ2) is 5.62. The monoisotopic (exact) mass is 293 g/mol. The molecule has 5 heteroatoms. The number of anilines is 1. The Hall–Kier alpha value is -1.26. The number of para-hydroxylation sites is 1. The normalized spacial score (nSPS) is 21.1. The second-order valence-electron chi connectivity index (χ2n) is 5.82. The number of likely N-dealkylation sites (tertiary alicyclic amines) is 1. The van der Waals surface area contributed by atoms with E-state index < -0.39 is 0 Å². The van der Waals surface area contributed by atoms with E-state index in [1.165, 1.54) is 6.42 Å². The van der Waals surface area contributed by atoms with E-state index in [1.807, 2.05) is 23.1 Å². The van der Waals surface area contributed by atoms with Gasteiger partial charge in [-0.15, -0.1) is 0 Å². The Bertz CT molecular complexity index is 490. The molecule has 0 bridgehead atoms. The van der Waals surface area contributed by atoms with Crippen LogP contribution in [0, 0.1) is 5.41 Å². The number of urea groups is 1. The summed E-state index contributed by atoms with van der Waals surface area (Å²) < 4.78 is 0. The van der Waals surface area contributed by atoms with Crippen molar-refractivity contribution in [2.24, 2.45) is 5.41 Å². The summed E-state index contributed by atoms with van der Waals surface area (Å²) in [6.07, 6.45) is 3.43. The minimum absolute atomic E-state index is 0.0427. The molecule has 2 amide bonds. The maximum atomic E-state index is 12.3. The molecule has 2 aliphatic heterocycles. The summed E-state index contributed by atoms with van der Waals surface area (Å²) in [5.41, 5.74) is 1.11. The van der Waals surface area contributed by atoms with Crippen LogP contribution in [-0.4, -0.2) is 37.1 Å². The smallest absolute Gasteiger partial charge is 0.321 e. The molecule has 1 aromatic carbocycles. The van der Waals surface area contributed by atoms with Crippen LogP contribution < -0.4 is 10.6 Å². The standard InChI is InChI=1S/C15H20ClN3O/c16-12-3-1-2-4-13(12)18-14(20)19-9-6-15(7-10-19)5-8-17-11-15/h1-4,17H,5-11H2,(H,18,20).